The summed E-state index contributed by atoms with van der Waals surface area (Å²) in [5.41, 5.74) is -0.503. The minimum atomic E-state index is -0.503. The lowest BCUT2D eigenvalue weighted by Crippen LogP contribution is -2.49. The van der Waals surface area contributed by atoms with Crippen LogP contribution in [0.15, 0.2) is 11.6 Å². The van der Waals surface area contributed by atoms with Crippen molar-refractivity contribution in [2.24, 2.45) is 0 Å². The molecule has 0 spiro atoms. The molecule has 0 bridgehead atoms. The van der Waals surface area contributed by atoms with Crippen LogP contribution < -0.4 is 5.32 Å². The van der Waals surface area contributed by atoms with E-state index in [1.807, 2.05) is 26.2 Å². The van der Waals surface area contributed by atoms with Gasteiger partial charge in [-0.25, -0.2) is 9.78 Å². The average Bonchev–Trinajstić information content (AvgIpc) is 2.99. The highest BCUT2D eigenvalue weighted by Gasteiger charge is 2.26. The van der Waals surface area contributed by atoms with Gasteiger partial charge in [-0.15, -0.1) is 11.3 Å². The number of likely N-dealkylation sites (tertiary alicyclic amines) is 1. The normalized spacial score (nSPS) is 19.3. The van der Waals surface area contributed by atoms with Gasteiger partial charge in [-0.3, -0.25) is 9.69 Å². The second-order valence-corrected chi connectivity index (χ2v) is 7.66. The molecule has 0 unspecified atom stereocenters. The highest BCUT2D eigenvalue weighted by molar-refractivity contribution is 7.11. The number of nitrogens with one attached hydrogen (secondary N) is 1. The van der Waals surface area contributed by atoms with E-state index in [4.69, 9.17) is 4.74 Å². The Bertz CT molecular complexity index is 525. The molecule has 1 aromatic rings. The van der Waals surface area contributed by atoms with Gasteiger partial charge in [0, 0.05) is 24.2 Å². The van der Waals surface area contributed by atoms with Crippen LogP contribution in [0.3, 0.4) is 0 Å². The van der Waals surface area contributed by atoms with Gasteiger partial charge in [-0.05, 0) is 40.2 Å². The first-order valence-corrected chi connectivity index (χ1v) is 8.87. The number of Topliss-reactive ketones (excluding diaryl/α,β-unsaturated/α-hetero) is 1. The van der Waals surface area contributed by atoms with E-state index in [-0.39, 0.29) is 11.8 Å². The Balaban J connectivity index is 1.86. The van der Waals surface area contributed by atoms with Crippen molar-refractivity contribution in [3.8, 4) is 0 Å². The molecule has 0 aliphatic carbocycles. The van der Waals surface area contributed by atoms with Gasteiger partial charge in [0.2, 0.25) is 5.78 Å². The quantitative estimate of drug-likeness (QED) is 0.835. The summed E-state index contributed by atoms with van der Waals surface area (Å²) in [5, 5.41) is 5.18. The molecular formula is C16H25N3O3S. The second-order valence-electron chi connectivity index (χ2n) is 6.76. The summed E-state index contributed by atoms with van der Waals surface area (Å²) >= 11 is 1.37. The molecule has 23 heavy (non-hydrogen) atoms. The summed E-state index contributed by atoms with van der Waals surface area (Å²) < 4.78 is 5.26. The van der Waals surface area contributed by atoms with E-state index in [0.29, 0.717) is 18.1 Å². The van der Waals surface area contributed by atoms with E-state index < -0.39 is 11.7 Å². The maximum absolute atomic E-state index is 12.2. The number of carbonyl (C=O) groups is 2. The number of rotatable bonds is 5. The van der Waals surface area contributed by atoms with Crippen LogP contribution in [-0.4, -0.2) is 53.0 Å². The Morgan fingerprint density at radius 3 is 2.87 bits per heavy atom. The number of ketones is 1. The third-order valence-corrected chi connectivity index (χ3v) is 4.46. The number of hydrogen-bond donors (Lipinski definition) is 1. The predicted octanol–water partition coefficient (Wildman–Crippen LogP) is 2.71. The lowest BCUT2D eigenvalue weighted by molar-refractivity contribution is 0.0495. The van der Waals surface area contributed by atoms with E-state index in [1.165, 1.54) is 11.3 Å². The third kappa shape index (κ3) is 5.91. The van der Waals surface area contributed by atoms with Crippen molar-refractivity contribution in [2.45, 2.75) is 51.7 Å². The molecule has 1 atom stereocenters. The second kappa shape index (κ2) is 7.88. The molecule has 0 radical (unpaired) electrons. The van der Waals surface area contributed by atoms with Crippen molar-refractivity contribution in [1.82, 2.24) is 15.2 Å². The van der Waals surface area contributed by atoms with Gasteiger partial charge in [0.05, 0.1) is 6.54 Å². The number of carbonyl (C=O) groups excluding carboxylic acids is 2. The fourth-order valence-corrected chi connectivity index (χ4v) is 3.20. The van der Waals surface area contributed by atoms with Gasteiger partial charge in [0.15, 0.2) is 5.01 Å². The Morgan fingerprint density at radius 2 is 2.22 bits per heavy atom. The molecular weight excluding hydrogens is 314 g/mol. The van der Waals surface area contributed by atoms with Crippen molar-refractivity contribution in [2.75, 3.05) is 19.6 Å². The number of ether oxygens (including phenoxy) is 1. The first-order valence-electron chi connectivity index (χ1n) is 7.99. The first kappa shape index (κ1) is 17.9. The number of thiazole rings is 1. The van der Waals surface area contributed by atoms with E-state index in [1.54, 1.807) is 6.20 Å². The number of alkyl carbamates (subject to hydrolysis) is 1. The van der Waals surface area contributed by atoms with Crippen molar-refractivity contribution in [3.05, 3.63) is 16.6 Å². The van der Waals surface area contributed by atoms with Gasteiger partial charge in [-0.2, -0.15) is 0 Å². The van der Waals surface area contributed by atoms with Gasteiger partial charge < -0.3 is 10.1 Å². The Labute approximate surface area is 141 Å². The van der Waals surface area contributed by atoms with Crippen LogP contribution in [0.25, 0.3) is 0 Å². The SMILES string of the molecule is CC(C)(C)OC(=O)NC[C@H]1CCCCN1CC(=O)c1nccs1. The largest absolute Gasteiger partial charge is 0.444 e. The lowest BCUT2D eigenvalue weighted by Gasteiger charge is -2.35. The zero-order chi connectivity index (χ0) is 16.9. The summed E-state index contributed by atoms with van der Waals surface area (Å²) in [5.74, 6) is 0.0455. The number of hydrogen-bond acceptors (Lipinski definition) is 6. The van der Waals surface area contributed by atoms with E-state index in [0.717, 1.165) is 25.8 Å². The molecule has 1 saturated heterocycles. The number of nitrogens with zero attached hydrogens (tertiary/aromatic N) is 2. The molecule has 1 aliphatic heterocycles. The van der Waals surface area contributed by atoms with Crippen LogP contribution in [0.2, 0.25) is 0 Å². The van der Waals surface area contributed by atoms with Crippen molar-refractivity contribution in [1.29, 1.82) is 0 Å². The molecule has 2 heterocycles. The molecule has 1 N–H and O–H groups in total. The Kier molecular flexibility index (Phi) is 6.12. The minimum absolute atomic E-state index is 0.0455. The van der Waals surface area contributed by atoms with Gasteiger partial charge in [-0.1, -0.05) is 6.42 Å². The zero-order valence-electron chi connectivity index (χ0n) is 14.0. The van der Waals surface area contributed by atoms with Gasteiger partial charge >= 0.3 is 6.09 Å². The molecule has 1 aliphatic rings. The van der Waals surface area contributed by atoms with E-state index in [2.05, 4.69) is 15.2 Å². The molecule has 0 aromatic carbocycles. The molecule has 7 heteroatoms. The summed E-state index contributed by atoms with van der Waals surface area (Å²) in [6.45, 7) is 7.25. The summed E-state index contributed by atoms with van der Waals surface area (Å²) in [6.07, 6.45) is 4.40. The predicted molar refractivity (Wildman–Crippen MR) is 89.9 cm³/mol. The topological polar surface area (TPSA) is 71.5 Å². The van der Waals surface area contributed by atoms with Crippen LogP contribution >= 0.6 is 11.3 Å². The number of piperidine rings is 1. The van der Waals surface area contributed by atoms with E-state index in [9.17, 15) is 9.59 Å². The molecule has 0 saturated carbocycles. The standard InChI is InChI=1S/C16H25N3O3S/c1-16(2,3)22-15(21)18-10-12-6-4-5-8-19(12)11-13(20)14-17-7-9-23-14/h7,9,12H,4-6,8,10-11H2,1-3H3,(H,18,21)/t12-/m1/s1. The van der Waals surface area contributed by atoms with Crippen molar-refractivity contribution >= 4 is 23.2 Å². The van der Waals surface area contributed by atoms with Crippen LogP contribution in [0.4, 0.5) is 4.79 Å². The molecule has 1 amide bonds. The highest BCUT2D eigenvalue weighted by atomic mass is 32.1. The molecule has 2 rings (SSSR count). The third-order valence-electron chi connectivity index (χ3n) is 3.65. The summed E-state index contributed by atoms with van der Waals surface area (Å²) in [6, 6.07) is 0.167. The number of amides is 1. The first-order chi connectivity index (χ1) is 10.8. The van der Waals surface area contributed by atoms with Crippen molar-refractivity contribution in [3.63, 3.8) is 0 Å². The monoisotopic (exact) mass is 339 g/mol. The molecule has 1 fully saturated rings. The summed E-state index contributed by atoms with van der Waals surface area (Å²) in [4.78, 5) is 30.2. The maximum Gasteiger partial charge on any atom is 0.407 e. The minimum Gasteiger partial charge on any atom is -0.444 e. The number of aromatic nitrogens is 1. The van der Waals surface area contributed by atoms with Gasteiger partial charge in [0.25, 0.3) is 0 Å². The maximum atomic E-state index is 12.2. The highest BCUT2D eigenvalue weighted by Crippen LogP contribution is 2.18. The van der Waals surface area contributed by atoms with Gasteiger partial charge in [0.1, 0.15) is 5.60 Å². The molecule has 128 valence electrons. The molecule has 6 nitrogen and oxygen atoms in total. The average molecular weight is 339 g/mol. The van der Waals surface area contributed by atoms with Crippen LogP contribution in [0.5, 0.6) is 0 Å². The van der Waals surface area contributed by atoms with Crippen molar-refractivity contribution < 1.29 is 14.3 Å². The Hall–Kier alpha value is -1.47. The fraction of sp³-hybridized carbons (Fsp3) is 0.688. The Morgan fingerprint density at radius 1 is 1.43 bits per heavy atom. The van der Waals surface area contributed by atoms with E-state index >= 15 is 0 Å². The molecule has 1 aromatic heterocycles. The summed E-state index contributed by atoms with van der Waals surface area (Å²) in [7, 11) is 0. The fourth-order valence-electron chi connectivity index (χ4n) is 2.63. The van der Waals surface area contributed by atoms with Crippen LogP contribution in [0.1, 0.15) is 49.8 Å². The zero-order valence-corrected chi connectivity index (χ0v) is 14.8. The lowest BCUT2D eigenvalue weighted by atomic mass is 10.0. The van der Waals surface area contributed by atoms with Crippen LogP contribution in [0, 0.1) is 0 Å². The smallest absolute Gasteiger partial charge is 0.407 e. The van der Waals surface area contributed by atoms with Crippen LogP contribution in [-0.2, 0) is 4.74 Å².